The molecule has 15 heavy (non-hydrogen) atoms. The van der Waals surface area contributed by atoms with Gasteiger partial charge in [0.1, 0.15) is 5.69 Å². The van der Waals surface area contributed by atoms with Crippen molar-refractivity contribution >= 4 is 16.7 Å². The number of ketones is 1. The van der Waals surface area contributed by atoms with E-state index in [4.69, 9.17) is 5.73 Å². The summed E-state index contributed by atoms with van der Waals surface area (Å²) >= 11 is 0. The van der Waals surface area contributed by atoms with Gasteiger partial charge in [0.25, 0.3) is 0 Å². The summed E-state index contributed by atoms with van der Waals surface area (Å²) in [5, 5.41) is 5.09. The molecular weight excluding hydrogens is 190 g/mol. The normalized spacial score (nSPS) is 13.0. The van der Waals surface area contributed by atoms with Crippen LogP contribution in [-0.2, 0) is 0 Å². The lowest BCUT2D eigenvalue weighted by Crippen LogP contribution is -2.16. The molecule has 1 aromatic carbocycles. The van der Waals surface area contributed by atoms with Crippen molar-refractivity contribution < 1.29 is 4.79 Å². The Labute approximate surface area is 87.7 Å². The highest BCUT2D eigenvalue weighted by Crippen LogP contribution is 2.20. The van der Waals surface area contributed by atoms with Crippen molar-refractivity contribution in [2.45, 2.75) is 20.0 Å². The molecule has 0 amide bonds. The van der Waals surface area contributed by atoms with E-state index in [0.29, 0.717) is 5.69 Å². The lowest BCUT2D eigenvalue weighted by atomic mass is 10.2. The van der Waals surface area contributed by atoms with E-state index >= 15 is 0 Å². The van der Waals surface area contributed by atoms with E-state index in [1.165, 1.54) is 6.92 Å². The third-order valence-electron chi connectivity index (χ3n) is 2.33. The molecule has 0 bridgehead atoms. The predicted molar refractivity (Wildman–Crippen MR) is 58.6 cm³/mol. The third-order valence-corrected chi connectivity index (χ3v) is 2.33. The number of carbonyl (C=O) groups excluding carboxylic acids is 1. The minimum absolute atomic E-state index is 0.0365. The summed E-state index contributed by atoms with van der Waals surface area (Å²) in [6.07, 6.45) is -0.233. The number of Topliss-reactive ketones (excluding diaryl/α,β-unsaturated/α-hetero) is 1. The molecule has 0 radical (unpaired) electrons. The lowest BCUT2D eigenvalue weighted by molar-refractivity contribution is 0.101. The maximum Gasteiger partial charge on any atom is 0.180 e. The Morgan fingerprint density at radius 3 is 2.73 bits per heavy atom. The monoisotopic (exact) mass is 203 g/mol. The molecule has 0 fully saturated rings. The highest BCUT2D eigenvalue weighted by atomic mass is 16.1. The van der Waals surface area contributed by atoms with Gasteiger partial charge < -0.3 is 5.73 Å². The number of nitrogens with two attached hydrogens (primary N) is 1. The molecular formula is C11H13N3O. The van der Waals surface area contributed by atoms with Gasteiger partial charge in [-0.05, 0) is 13.0 Å². The average Bonchev–Trinajstić information content (AvgIpc) is 2.56. The molecule has 78 valence electrons. The summed E-state index contributed by atoms with van der Waals surface area (Å²) in [7, 11) is 0. The molecule has 4 nitrogen and oxygen atoms in total. The summed E-state index contributed by atoms with van der Waals surface area (Å²) in [4.78, 5) is 11.4. The van der Waals surface area contributed by atoms with Crippen molar-refractivity contribution in [3.63, 3.8) is 0 Å². The first-order valence-corrected chi connectivity index (χ1v) is 4.85. The zero-order valence-corrected chi connectivity index (χ0v) is 8.77. The van der Waals surface area contributed by atoms with Crippen LogP contribution < -0.4 is 5.73 Å². The Kier molecular flexibility index (Phi) is 2.28. The van der Waals surface area contributed by atoms with Crippen LogP contribution in [-0.4, -0.2) is 15.6 Å². The van der Waals surface area contributed by atoms with Crippen LogP contribution in [0.1, 0.15) is 30.5 Å². The van der Waals surface area contributed by atoms with Crippen LogP contribution in [0.2, 0.25) is 0 Å². The molecule has 1 aromatic heterocycles. The predicted octanol–water partition coefficient (Wildman–Crippen LogP) is 1.72. The number of nitrogens with zero attached hydrogens (tertiary/aromatic N) is 2. The van der Waals surface area contributed by atoms with E-state index in [-0.39, 0.29) is 11.9 Å². The minimum atomic E-state index is -0.233. The average molecular weight is 203 g/mol. The zero-order chi connectivity index (χ0) is 11.0. The molecule has 1 atom stereocenters. The van der Waals surface area contributed by atoms with Crippen molar-refractivity contribution in [2.75, 3.05) is 0 Å². The number of aromatic nitrogens is 2. The van der Waals surface area contributed by atoms with Crippen LogP contribution in [0.4, 0.5) is 0 Å². The summed E-state index contributed by atoms with van der Waals surface area (Å²) in [5.41, 5.74) is 7.17. The molecule has 0 aliphatic rings. The van der Waals surface area contributed by atoms with Crippen molar-refractivity contribution in [2.24, 2.45) is 5.73 Å². The maximum atomic E-state index is 11.4. The first-order chi connectivity index (χ1) is 7.11. The van der Waals surface area contributed by atoms with E-state index < -0.39 is 0 Å². The van der Waals surface area contributed by atoms with Crippen LogP contribution >= 0.6 is 0 Å². The first-order valence-electron chi connectivity index (χ1n) is 4.85. The van der Waals surface area contributed by atoms with E-state index in [9.17, 15) is 4.79 Å². The molecule has 4 heteroatoms. The van der Waals surface area contributed by atoms with E-state index in [2.05, 4.69) is 5.10 Å². The Morgan fingerprint density at radius 1 is 1.47 bits per heavy atom. The third kappa shape index (κ3) is 1.53. The number of carbonyl (C=O) groups is 1. The highest BCUT2D eigenvalue weighted by Gasteiger charge is 2.14. The van der Waals surface area contributed by atoms with Gasteiger partial charge in [0, 0.05) is 12.3 Å². The topological polar surface area (TPSA) is 60.9 Å². The Morgan fingerprint density at radius 2 is 2.13 bits per heavy atom. The van der Waals surface area contributed by atoms with Crippen LogP contribution in [0.25, 0.3) is 10.9 Å². The number of hydrogen-bond acceptors (Lipinski definition) is 3. The number of fused-ring (bicyclic) bond motifs is 1. The quantitative estimate of drug-likeness (QED) is 0.756. The summed E-state index contributed by atoms with van der Waals surface area (Å²) in [6.45, 7) is 3.35. The van der Waals surface area contributed by atoms with Gasteiger partial charge in [-0.3, -0.25) is 4.79 Å². The fourth-order valence-electron chi connectivity index (χ4n) is 1.66. The van der Waals surface area contributed by atoms with E-state index in [1.54, 1.807) is 4.68 Å². The number of hydrogen-bond donors (Lipinski definition) is 1. The first kappa shape index (κ1) is 9.86. The van der Waals surface area contributed by atoms with E-state index in [1.807, 2.05) is 31.2 Å². The van der Waals surface area contributed by atoms with Gasteiger partial charge in [0.2, 0.25) is 0 Å². The second-order valence-electron chi connectivity index (χ2n) is 3.61. The van der Waals surface area contributed by atoms with Gasteiger partial charge in [-0.1, -0.05) is 18.2 Å². The largest absolute Gasteiger partial charge is 0.310 e. The molecule has 2 aromatic rings. The van der Waals surface area contributed by atoms with Crippen LogP contribution in [0.3, 0.4) is 0 Å². The maximum absolute atomic E-state index is 11.4. The highest BCUT2D eigenvalue weighted by molar-refractivity contribution is 6.04. The van der Waals surface area contributed by atoms with Gasteiger partial charge in [-0.2, -0.15) is 5.10 Å². The molecule has 0 spiro atoms. The van der Waals surface area contributed by atoms with Crippen molar-refractivity contribution in [3.05, 3.63) is 30.0 Å². The van der Waals surface area contributed by atoms with Gasteiger partial charge in [-0.15, -0.1) is 0 Å². The van der Waals surface area contributed by atoms with Crippen LogP contribution in [0.5, 0.6) is 0 Å². The number of rotatable bonds is 2. The van der Waals surface area contributed by atoms with Gasteiger partial charge >= 0.3 is 0 Å². The number of benzene rings is 1. The molecule has 0 saturated carbocycles. The molecule has 0 saturated heterocycles. The molecule has 0 aliphatic carbocycles. The minimum Gasteiger partial charge on any atom is -0.310 e. The number of para-hydroxylation sites is 1. The molecule has 2 rings (SSSR count). The molecule has 0 aliphatic heterocycles. The molecule has 2 N–H and O–H groups in total. The van der Waals surface area contributed by atoms with Gasteiger partial charge in [0.05, 0.1) is 11.7 Å². The Balaban J connectivity index is 2.79. The van der Waals surface area contributed by atoms with Gasteiger partial charge in [0.15, 0.2) is 5.78 Å². The summed E-state index contributed by atoms with van der Waals surface area (Å²) in [6, 6.07) is 7.60. The van der Waals surface area contributed by atoms with Crippen LogP contribution in [0.15, 0.2) is 24.3 Å². The fraction of sp³-hybridized carbons (Fsp3) is 0.273. The van der Waals surface area contributed by atoms with Crippen molar-refractivity contribution in [3.8, 4) is 0 Å². The van der Waals surface area contributed by atoms with Crippen molar-refractivity contribution in [1.82, 2.24) is 9.78 Å². The van der Waals surface area contributed by atoms with E-state index in [0.717, 1.165) is 10.9 Å². The van der Waals surface area contributed by atoms with Gasteiger partial charge in [-0.25, -0.2) is 4.68 Å². The zero-order valence-electron chi connectivity index (χ0n) is 8.77. The standard InChI is InChI=1S/C11H13N3O/c1-7(15)11-9-5-3-4-6-10(9)14(13-11)8(2)12/h3-6,8H,12H2,1-2H3. The van der Waals surface area contributed by atoms with Crippen molar-refractivity contribution in [1.29, 1.82) is 0 Å². The Hall–Kier alpha value is -1.68. The lowest BCUT2D eigenvalue weighted by Gasteiger charge is -2.06. The second-order valence-corrected chi connectivity index (χ2v) is 3.61. The summed E-state index contributed by atoms with van der Waals surface area (Å²) in [5.74, 6) is -0.0365. The van der Waals surface area contributed by atoms with Crippen LogP contribution in [0, 0.1) is 0 Å². The second kappa shape index (κ2) is 3.47. The molecule has 1 unspecified atom stereocenters. The fourth-order valence-corrected chi connectivity index (χ4v) is 1.66. The SMILES string of the molecule is CC(=O)c1nn(C(C)N)c2ccccc12. The smallest absolute Gasteiger partial charge is 0.180 e. The molecule has 1 heterocycles. The Bertz CT molecular complexity index is 514. The summed E-state index contributed by atoms with van der Waals surface area (Å²) < 4.78 is 1.67.